The highest BCUT2D eigenvalue weighted by Gasteiger charge is 2.62. The van der Waals surface area contributed by atoms with Crippen molar-refractivity contribution in [2.75, 3.05) is 31.2 Å². The molecule has 2 saturated carbocycles. The van der Waals surface area contributed by atoms with Gasteiger partial charge in [-0.25, -0.2) is 14.8 Å². The number of carbonyl (C=O) groups excluding carboxylic acids is 2. The molecule has 3 heterocycles. The Kier molecular flexibility index (Phi) is 8.31. The molecule has 2 aliphatic heterocycles. The molecule has 0 unspecified atom stereocenters. The normalized spacial score (nSPS) is 29.8. The van der Waals surface area contributed by atoms with Gasteiger partial charge in [-0.05, 0) is 77.8 Å². The molecular weight excluding hydrogens is 546 g/mol. The smallest absolute Gasteiger partial charge is 0.410 e. The SMILES string of the molecule is CC[C@H]1CN(c2cc(/C(N)=C3\CCC[C@@]4(CCCCC45OCCO5)C3=O)nc(Cl)n2)C[C@H](C)N1C(=O)OC(C)(C)C. The summed E-state index contributed by atoms with van der Waals surface area (Å²) in [6.07, 6.45) is 5.96. The minimum atomic E-state index is -0.859. The predicted molar refractivity (Wildman–Crippen MR) is 156 cm³/mol. The lowest BCUT2D eigenvalue weighted by atomic mass is 9.59. The summed E-state index contributed by atoms with van der Waals surface area (Å²) < 4.78 is 18.1. The second-order valence-corrected chi connectivity index (χ2v) is 13.2. The number of nitrogens with two attached hydrogens (primary N) is 1. The van der Waals surface area contributed by atoms with Crippen LogP contribution in [-0.4, -0.2) is 76.5 Å². The summed E-state index contributed by atoms with van der Waals surface area (Å²) in [7, 11) is 0. The maximum Gasteiger partial charge on any atom is 0.410 e. The average molecular weight is 590 g/mol. The average Bonchev–Trinajstić information content (AvgIpc) is 3.39. The van der Waals surface area contributed by atoms with E-state index in [1.807, 2.05) is 38.7 Å². The van der Waals surface area contributed by atoms with Gasteiger partial charge in [0.05, 0.1) is 42.1 Å². The summed E-state index contributed by atoms with van der Waals surface area (Å²) in [6.45, 7) is 11.8. The molecule has 2 aliphatic carbocycles. The monoisotopic (exact) mass is 589 g/mol. The van der Waals surface area contributed by atoms with Gasteiger partial charge in [-0.2, -0.15) is 0 Å². The number of ketones is 1. The highest BCUT2D eigenvalue weighted by Crippen LogP contribution is 2.56. The van der Waals surface area contributed by atoms with Gasteiger partial charge < -0.3 is 24.8 Å². The molecule has 2 saturated heterocycles. The number of nitrogens with zero attached hydrogens (tertiary/aromatic N) is 4. The molecule has 5 rings (SSSR count). The second kappa shape index (κ2) is 11.3. The number of amides is 1. The number of anilines is 1. The fourth-order valence-corrected chi connectivity index (χ4v) is 7.41. The van der Waals surface area contributed by atoms with Gasteiger partial charge in [0, 0.05) is 31.1 Å². The van der Waals surface area contributed by atoms with E-state index in [1.165, 1.54) is 0 Å². The van der Waals surface area contributed by atoms with Crippen molar-refractivity contribution in [3.8, 4) is 0 Å². The number of ether oxygens (including phenoxy) is 3. The van der Waals surface area contributed by atoms with Crippen LogP contribution in [0.4, 0.5) is 10.6 Å². The van der Waals surface area contributed by atoms with Crippen molar-refractivity contribution < 1.29 is 23.8 Å². The third-order valence-electron chi connectivity index (χ3n) is 9.05. The van der Waals surface area contributed by atoms with Gasteiger partial charge in [0.25, 0.3) is 0 Å². The van der Waals surface area contributed by atoms with Crippen LogP contribution < -0.4 is 10.6 Å². The van der Waals surface area contributed by atoms with Crippen molar-refractivity contribution in [2.45, 2.75) is 109 Å². The first kappa shape index (κ1) is 30.0. The first-order valence-corrected chi connectivity index (χ1v) is 15.4. The molecule has 2 N–H and O–H groups in total. The molecule has 1 amide bonds. The molecule has 4 fully saturated rings. The lowest BCUT2D eigenvalue weighted by Gasteiger charge is -2.51. The number of fused-ring (bicyclic) bond motifs is 1. The van der Waals surface area contributed by atoms with Gasteiger partial charge >= 0.3 is 6.09 Å². The Bertz CT molecular complexity index is 1210. The van der Waals surface area contributed by atoms with Crippen molar-refractivity contribution in [1.82, 2.24) is 14.9 Å². The number of rotatable bonds is 3. The molecule has 0 radical (unpaired) electrons. The Balaban J connectivity index is 1.43. The van der Waals surface area contributed by atoms with E-state index in [0.29, 0.717) is 55.5 Å². The Morgan fingerprint density at radius 2 is 1.83 bits per heavy atom. The van der Waals surface area contributed by atoms with E-state index in [1.54, 1.807) is 0 Å². The predicted octanol–water partition coefficient (Wildman–Crippen LogP) is 5.08. The van der Waals surface area contributed by atoms with E-state index in [2.05, 4.69) is 21.8 Å². The van der Waals surface area contributed by atoms with Gasteiger partial charge in [-0.1, -0.05) is 13.3 Å². The summed E-state index contributed by atoms with van der Waals surface area (Å²) in [5.41, 5.74) is 6.80. The summed E-state index contributed by atoms with van der Waals surface area (Å²) in [6, 6.07) is 1.62. The van der Waals surface area contributed by atoms with Gasteiger partial charge in [0.1, 0.15) is 11.4 Å². The van der Waals surface area contributed by atoms with Gasteiger partial charge in [0.15, 0.2) is 11.6 Å². The summed E-state index contributed by atoms with van der Waals surface area (Å²) in [4.78, 5) is 40.2. The highest BCUT2D eigenvalue weighted by atomic mass is 35.5. The molecule has 11 heteroatoms. The molecule has 1 aromatic heterocycles. The third-order valence-corrected chi connectivity index (χ3v) is 9.22. The Hall–Kier alpha value is -2.43. The first-order chi connectivity index (χ1) is 19.4. The number of aromatic nitrogens is 2. The van der Waals surface area contributed by atoms with Crippen molar-refractivity contribution in [3.63, 3.8) is 0 Å². The largest absolute Gasteiger partial charge is 0.444 e. The van der Waals surface area contributed by atoms with Crippen LogP contribution >= 0.6 is 11.6 Å². The van der Waals surface area contributed by atoms with E-state index >= 15 is 0 Å². The van der Waals surface area contributed by atoms with E-state index in [4.69, 9.17) is 31.5 Å². The molecule has 41 heavy (non-hydrogen) atoms. The van der Waals surface area contributed by atoms with Crippen molar-refractivity contribution in [2.24, 2.45) is 11.1 Å². The zero-order chi connectivity index (χ0) is 29.6. The van der Waals surface area contributed by atoms with Crippen LogP contribution in [0, 0.1) is 5.41 Å². The molecule has 0 aromatic carbocycles. The molecule has 4 aliphatic rings. The highest BCUT2D eigenvalue weighted by molar-refractivity contribution is 6.28. The summed E-state index contributed by atoms with van der Waals surface area (Å²) >= 11 is 6.45. The number of Topliss-reactive ketones (excluding diaryl/α,β-unsaturated/α-hetero) is 1. The minimum Gasteiger partial charge on any atom is -0.444 e. The van der Waals surface area contributed by atoms with Crippen molar-refractivity contribution in [3.05, 3.63) is 22.6 Å². The minimum absolute atomic E-state index is 0.0183. The lowest BCUT2D eigenvalue weighted by Crippen LogP contribution is -2.60. The number of piperazine rings is 1. The van der Waals surface area contributed by atoms with Crippen LogP contribution in [0.25, 0.3) is 5.70 Å². The van der Waals surface area contributed by atoms with E-state index in [-0.39, 0.29) is 29.2 Å². The van der Waals surface area contributed by atoms with Gasteiger partial charge in [-0.3, -0.25) is 9.69 Å². The van der Waals surface area contributed by atoms with Crippen LogP contribution in [0.5, 0.6) is 0 Å². The van der Waals surface area contributed by atoms with Crippen LogP contribution in [0.2, 0.25) is 5.28 Å². The first-order valence-electron chi connectivity index (χ1n) is 15.0. The second-order valence-electron chi connectivity index (χ2n) is 12.9. The molecular formula is C30H44ClN5O5. The molecule has 226 valence electrons. The van der Waals surface area contributed by atoms with Gasteiger partial charge in [0.2, 0.25) is 5.28 Å². The van der Waals surface area contributed by atoms with E-state index in [9.17, 15) is 9.59 Å². The van der Waals surface area contributed by atoms with Crippen molar-refractivity contribution in [1.29, 1.82) is 0 Å². The fraction of sp³-hybridized carbons (Fsp3) is 0.733. The van der Waals surface area contributed by atoms with Gasteiger partial charge in [-0.15, -0.1) is 0 Å². The van der Waals surface area contributed by atoms with Crippen LogP contribution in [0.1, 0.15) is 91.7 Å². The van der Waals surface area contributed by atoms with Crippen LogP contribution in [0.3, 0.4) is 0 Å². The molecule has 1 aromatic rings. The molecule has 0 bridgehead atoms. The maximum absolute atomic E-state index is 14.2. The zero-order valence-electron chi connectivity index (χ0n) is 25.0. The Morgan fingerprint density at radius 1 is 1.15 bits per heavy atom. The number of hydrogen-bond donors (Lipinski definition) is 1. The number of halogens is 1. The maximum atomic E-state index is 14.2. The zero-order valence-corrected chi connectivity index (χ0v) is 25.8. The van der Waals surface area contributed by atoms with E-state index < -0.39 is 16.8 Å². The summed E-state index contributed by atoms with van der Waals surface area (Å²) in [5, 5.41) is 0.0610. The van der Waals surface area contributed by atoms with Crippen LogP contribution in [-0.2, 0) is 19.0 Å². The van der Waals surface area contributed by atoms with Crippen molar-refractivity contribution >= 4 is 35.0 Å². The number of hydrogen-bond acceptors (Lipinski definition) is 9. The lowest BCUT2D eigenvalue weighted by molar-refractivity contribution is -0.251. The topological polar surface area (TPSA) is 120 Å². The summed E-state index contributed by atoms with van der Waals surface area (Å²) in [5.74, 6) is -0.223. The Labute approximate surface area is 247 Å². The molecule has 3 atom stereocenters. The number of allylic oxidation sites excluding steroid dienone is 1. The quantitative estimate of drug-likeness (QED) is 0.380. The standard InChI is InChI=1S/C30H44ClN5O5/c1-6-20-18-35(17-19(2)36(20)27(38)41-28(3,4)5)23-16-22(33-26(31)34-23)24(32)21-10-9-12-29(25(21)37)11-7-8-13-30(29)39-14-15-40-30/h16,19-20H,6-15,17-18,32H2,1-5H3/b24-21-/t19-,20-,29-/m0/s1. The Morgan fingerprint density at radius 3 is 2.51 bits per heavy atom. The molecule has 2 spiro atoms. The molecule has 10 nitrogen and oxygen atoms in total. The third kappa shape index (κ3) is 5.55. The van der Waals surface area contributed by atoms with E-state index in [0.717, 1.165) is 44.9 Å². The van der Waals surface area contributed by atoms with Crippen LogP contribution in [0.15, 0.2) is 11.6 Å². The number of carbonyl (C=O) groups is 2. The fourth-order valence-electron chi connectivity index (χ4n) is 7.23.